The molecule has 1 amide bonds. The summed E-state index contributed by atoms with van der Waals surface area (Å²) in [6.45, 7) is 12.9. The van der Waals surface area contributed by atoms with E-state index >= 15 is 0 Å². The molecule has 1 unspecified atom stereocenters. The molecule has 2 heterocycles. The zero-order chi connectivity index (χ0) is 14.8. The number of carbonyl (C=O) groups excluding carboxylic acids is 1. The Morgan fingerprint density at radius 2 is 1.85 bits per heavy atom. The first-order valence-corrected chi connectivity index (χ1v) is 7.80. The van der Waals surface area contributed by atoms with Crippen LogP contribution >= 0.6 is 0 Å². The molecule has 5 nitrogen and oxygen atoms in total. The lowest BCUT2D eigenvalue weighted by Gasteiger charge is -2.42. The number of hydrogen-bond acceptors (Lipinski definition) is 4. The molecule has 0 aliphatic carbocycles. The van der Waals surface area contributed by atoms with Crippen molar-refractivity contribution >= 4 is 6.09 Å². The molecule has 2 aliphatic rings. The summed E-state index contributed by atoms with van der Waals surface area (Å²) in [6.07, 6.45) is 1.96. The van der Waals surface area contributed by atoms with Gasteiger partial charge in [-0.3, -0.25) is 4.90 Å². The highest BCUT2D eigenvalue weighted by Crippen LogP contribution is 2.20. The van der Waals surface area contributed by atoms with Crippen molar-refractivity contribution in [2.45, 2.75) is 58.2 Å². The molecule has 2 fully saturated rings. The molecule has 2 saturated heterocycles. The van der Waals surface area contributed by atoms with Gasteiger partial charge in [-0.15, -0.1) is 0 Å². The standard InChI is InChI=1S/C15H29N3O2/c1-12-11-18(10-7-16-12)13-5-8-17(9-6-13)14(19)20-15(2,3)4/h12-13,16H,5-11H2,1-4H3. The number of piperazine rings is 1. The number of hydrogen-bond donors (Lipinski definition) is 1. The van der Waals surface area contributed by atoms with Crippen LogP contribution in [-0.4, -0.2) is 66.3 Å². The highest BCUT2D eigenvalue weighted by Gasteiger charge is 2.30. The molecule has 1 N–H and O–H groups in total. The van der Waals surface area contributed by atoms with Crippen molar-refractivity contribution in [3.63, 3.8) is 0 Å². The molecule has 0 aromatic rings. The Morgan fingerprint density at radius 3 is 2.40 bits per heavy atom. The Balaban J connectivity index is 1.78. The quantitative estimate of drug-likeness (QED) is 0.795. The van der Waals surface area contributed by atoms with E-state index in [0.29, 0.717) is 12.1 Å². The summed E-state index contributed by atoms with van der Waals surface area (Å²) in [4.78, 5) is 16.5. The SMILES string of the molecule is CC1CN(C2CCN(C(=O)OC(C)(C)C)CC2)CCN1. The van der Waals surface area contributed by atoms with E-state index in [1.165, 1.54) is 0 Å². The van der Waals surface area contributed by atoms with Crippen molar-refractivity contribution in [2.75, 3.05) is 32.7 Å². The molecular formula is C15H29N3O2. The minimum Gasteiger partial charge on any atom is -0.444 e. The van der Waals surface area contributed by atoms with Crippen LogP contribution in [0.15, 0.2) is 0 Å². The molecule has 116 valence electrons. The number of carbonyl (C=O) groups is 1. The second-order valence-electron chi connectivity index (χ2n) is 7.05. The van der Waals surface area contributed by atoms with Gasteiger partial charge in [-0.05, 0) is 40.5 Å². The monoisotopic (exact) mass is 283 g/mol. The number of piperidine rings is 1. The van der Waals surface area contributed by atoms with Crippen LogP contribution in [0.5, 0.6) is 0 Å². The summed E-state index contributed by atoms with van der Waals surface area (Å²) in [5, 5.41) is 3.48. The predicted octanol–water partition coefficient (Wildman–Crippen LogP) is 1.68. The van der Waals surface area contributed by atoms with Gasteiger partial charge in [0.25, 0.3) is 0 Å². The van der Waals surface area contributed by atoms with Crippen LogP contribution < -0.4 is 5.32 Å². The van der Waals surface area contributed by atoms with E-state index in [2.05, 4.69) is 17.1 Å². The van der Waals surface area contributed by atoms with E-state index in [9.17, 15) is 4.79 Å². The van der Waals surface area contributed by atoms with Gasteiger partial charge >= 0.3 is 6.09 Å². The van der Waals surface area contributed by atoms with Gasteiger partial charge in [0.2, 0.25) is 0 Å². The molecule has 1 atom stereocenters. The lowest BCUT2D eigenvalue weighted by Crippen LogP contribution is -2.55. The first-order valence-electron chi connectivity index (χ1n) is 7.80. The highest BCUT2D eigenvalue weighted by molar-refractivity contribution is 5.68. The summed E-state index contributed by atoms with van der Waals surface area (Å²) < 4.78 is 5.44. The molecule has 0 spiro atoms. The lowest BCUT2D eigenvalue weighted by molar-refractivity contribution is 0.0125. The van der Waals surface area contributed by atoms with Crippen LogP contribution in [-0.2, 0) is 4.74 Å². The molecule has 0 radical (unpaired) electrons. The zero-order valence-corrected chi connectivity index (χ0v) is 13.3. The molecule has 0 bridgehead atoms. The maximum absolute atomic E-state index is 12.0. The average molecular weight is 283 g/mol. The van der Waals surface area contributed by atoms with Crippen LogP contribution in [0.2, 0.25) is 0 Å². The van der Waals surface area contributed by atoms with Gasteiger partial charge in [-0.2, -0.15) is 0 Å². The largest absolute Gasteiger partial charge is 0.444 e. The topological polar surface area (TPSA) is 44.8 Å². The number of likely N-dealkylation sites (tertiary alicyclic amines) is 1. The lowest BCUT2D eigenvalue weighted by atomic mass is 10.0. The van der Waals surface area contributed by atoms with E-state index in [1.54, 1.807) is 0 Å². The van der Waals surface area contributed by atoms with Crippen LogP contribution in [0, 0.1) is 0 Å². The Bertz CT molecular complexity index is 333. The van der Waals surface area contributed by atoms with Gasteiger partial charge in [0.05, 0.1) is 0 Å². The van der Waals surface area contributed by atoms with Gasteiger partial charge in [-0.25, -0.2) is 4.79 Å². The highest BCUT2D eigenvalue weighted by atomic mass is 16.6. The van der Waals surface area contributed by atoms with E-state index in [0.717, 1.165) is 45.6 Å². The average Bonchev–Trinajstić information content (AvgIpc) is 2.37. The number of rotatable bonds is 1. The smallest absolute Gasteiger partial charge is 0.410 e. The van der Waals surface area contributed by atoms with Gasteiger partial charge in [-0.1, -0.05) is 0 Å². The Hall–Kier alpha value is -0.810. The fourth-order valence-electron chi connectivity index (χ4n) is 3.03. The van der Waals surface area contributed by atoms with Crippen molar-refractivity contribution in [2.24, 2.45) is 0 Å². The number of nitrogens with zero attached hydrogens (tertiary/aromatic N) is 2. The molecule has 0 aromatic carbocycles. The predicted molar refractivity (Wildman–Crippen MR) is 79.9 cm³/mol. The normalized spacial score (nSPS) is 26.6. The maximum atomic E-state index is 12.0. The summed E-state index contributed by atoms with van der Waals surface area (Å²) in [5.41, 5.74) is -0.401. The van der Waals surface area contributed by atoms with E-state index in [4.69, 9.17) is 4.74 Å². The minimum absolute atomic E-state index is 0.162. The summed E-state index contributed by atoms with van der Waals surface area (Å²) in [7, 11) is 0. The molecular weight excluding hydrogens is 254 g/mol. The number of ether oxygens (including phenoxy) is 1. The van der Waals surface area contributed by atoms with Crippen molar-refractivity contribution in [1.29, 1.82) is 0 Å². The number of amides is 1. The Labute approximate surface area is 122 Å². The van der Waals surface area contributed by atoms with Gasteiger partial charge < -0.3 is 15.0 Å². The minimum atomic E-state index is -0.401. The third-order valence-electron chi connectivity index (χ3n) is 4.03. The molecule has 2 aliphatic heterocycles. The van der Waals surface area contributed by atoms with Crippen LogP contribution in [0.4, 0.5) is 4.79 Å². The maximum Gasteiger partial charge on any atom is 0.410 e. The van der Waals surface area contributed by atoms with Gasteiger partial charge in [0.1, 0.15) is 5.60 Å². The van der Waals surface area contributed by atoms with Crippen molar-refractivity contribution in [3.05, 3.63) is 0 Å². The fourth-order valence-corrected chi connectivity index (χ4v) is 3.03. The Kier molecular flexibility index (Phi) is 4.91. The van der Waals surface area contributed by atoms with Crippen molar-refractivity contribution in [1.82, 2.24) is 15.1 Å². The summed E-state index contributed by atoms with van der Waals surface area (Å²) in [5.74, 6) is 0. The first kappa shape index (κ1) is 15.6. The molecule has 5 heteroatoms. The van der Waals surface area contributed by atoms with E-state index in [-0.39, 0.29) is 6.09 Å². The molecule has 2 rings (SSSR count). The first-order chi connectivity index (χ1) is 9.35. The third-order valence-corrected chi connectivity index (χ3v) is 4.03. The van der Waals surface area contributed by atoms with Crippen LogP contribution in [0.25, 0.3) is 0 Å². The molecule has 0 aromatic heterocycles. The van der Waals surface area contributed by atoms with Crippen LogP contribution in [0.1, 0.15) is 40.5 Å². The van der Waals surface area contributed by atoms with Gasteiger partial charge in [0, 0.05) is 44.8 Å². The second kappa shape index (κ2) is 6.31. The second-order valence-corrected chi connectivity index (χ2v) is 7.05. The fraction of sp³-hybridized carbons (Fsp3) is 0.933. The van der Waals surface area contributed by atoms with Crippen molar-refractivity contribution in [3.8, 4) is 0 Å². The summed E-state index contributed by atoms with van der Waals surface area (Å²) >= 11 is 0. The van der Waals surface area contributed by atoms with E-state index in [1.807, 2.05) is 25.7 Å². The van der Waals surface area contributed by atoms with Crippen LogP contribution in [0.3, 0.4) is 0 Å². The third kappa shape index (κ3) is 4.35. The molecule has 20 heavy (non-hydrogen) atoms. The zero-order valence-electron chi connectivity index (χ0n) is 13.3. The molecule has 0 saturated carbocycles. The Morgan fingerprint density at radius 1 is 1.20 bits per heavy atom. The van der Waals surface area contributed by atoms with Gasteiger partial charge in [0.15, 0.2) is 0 Å². The van der Waals surface area contributed by atoms with E-state index < -0.39 is 5.60 Å². The number of nitrogens with one attached hydrogen (secondary N) is 1. The summed E-state index contributed by atoms with van der Waals surface area (Å²) in [6, 6.07) is 1.20. The van der Waals surface area contributed by atoms with Crippen molar-refractivity contribution < 1.29 is 9.53 Å².